The Kier molecular flexibility index (Phi) is 4.63. The molecule has 4 nitrogen and oxygen atoms in total. The van der Waals surface area contributed by atoms with Crippen LogP contribution in [0.4, 0.5) is 4.39 Å². The summed E-state index contributed by atoms with van der Waals surface area (Å²) in [4.78, 5) is 0. The molecule has 0 bridgehead atoms. The Bertz CT molecular complexity index is 572. The molecule has 0 radical (unpaired) electrons. The van der Waals surface area contributed by atoms with Gasteiger partial charge >= 0.3 is 0 Å². The van der Waals surface area contributed by atoms with Gasteiger partial charge in [-0.2, -0.15) is 0 Å². The van der Waals surface area contributed by atoms with Crippen LogP contribution in [0.5, 0.6) is 5.88 Å². The number of benzene rings is 1. The third-order valence-corrected chi connectivity index (χ3v) is 3.09. The summed E-state index contributed by atoms with van der Waals surface area (Å²) in [5.74, 6) is 0.268. The Labute approximate surface area is 118 Å². The van der Waals surface area contributed by atoms with Crippen molar-refractivity contribution in [3.05, 3.63) is 53.0 Å². The molecule has 106 valence electrons. The molecule has 1 atom stereocenters. The zero-order chi connectivity index (χ0) is 14.5. The van der Waals surface area contributed by atoms with E-state index < -0.39 is 0 Å². The van der Waals surface area contributed by atoms with Crippen molar-refractivity contribution in [2.45, 2.75) is 19.9 Å². The zero-order valence-corrected chi connectivity index (χ0v) is 11.9. The predicted molar refractivity (Wildman–Crippen MR) is 75.2 cm³/mol. The number of halogens is 1. The third-order valence-electron chi connectivity index (χ3n) is 3.09. The second kappa shape index (κ2) is 6.43. The van der Waals surface area contributed by atoms with E-state index >= 15 is 0 Å². The largest absolute Gasteiger partial charge is 0.480 e. The molecule has 0 aliphatic rings. The first kappa shape index (κ1) is 14.4. The fourth-order valence-corrected chi connectivity index (χ4v) is 2.04. The monoisotopic (exact) mass is 275 g/mol. The van der Waals surface area contributed by atoms with Crippen molar-refractivity contribution >= 4 is 0 Å². The van der Waals surface area contributed by atoms with Crippen LogP contribution < -0.4 is 10.1 Å². The number of aryl methyl sites for hydroxylation is 1. The summed E-state index contributed by atoms with van der Waals surface area (Å²) in [6, 6.07) is 8.58. The van der Waals surface area contributed by atoms with Gasteiger partial charge in [0.25, 0.3) is 0 Å². The first-order valence-corrected chi connectivity index (χ1v) is 6.52. The summed E-state index contributed by atoms with van der Waals surface area (Å²) in [5, 5.41) is 11.5. The van der Waals surface area contributed by atoms with Crippen LogP contribution >= 0.6 is 0 Å². The van der Waals surface area contributed by atoms with Gasteiger partial charge in [-0.25, -0.2) is 4.39 Å². The number of aromatic nitrogens is 2. The van der Waals surface area contributed by atoms with Crippen LogP contribution in [0.1, 0.15) is 29.8 Å². The van der Waals surface area contributed by atoms with Gasteiger partial charge in [0.05, 0.1) is 18.8 Å². The van der Waals surface area contributed by atoms with E-state index in [-0.39, 0.29) is 11.9 Å². The number of hydrogen-bond acceptors (Lipinski definition) is 4. The summed E-state index contributed by atoms with van der Waals surface area (Å²) < 4.78 is 18.4. The fourth-order valence-electron chi connectivity index (χ4n) is 2.04. The second-order valence-corrected chi connectivity index (χ2v) is 4.50. The number of rotatable bonds is 5. The maximum atomic E-state index is 13.4. The maximum Gasteiger partial charge on any atom is 0.233 e. The van der Waals surface area contributed by atoms with Gasteiger partial charge in [-0.15, -0.1) is 10.2 Å². The lowest BCUT2D eigenvalue weighted by Gasteiger charge is -2.18. The maximum absolute atomic E-state index is 13.4. The molecule has 0 amide bonds. The summed E-state index contributed by atoms with van der Waals surface area (Å²) in [5.41, 5.74) is 2.36. The van der Waals surface area contributed by atoms with Crippen molar-refractivity contribution in [1.82, 2.24) is 15.5 Å². The fraction of sp³-hybridized carbons (Fsp3) is 0.333. The SMILES string of the molecule is CCNC(c1ccc(F)c(C)c1)c1ccc(OC)nn1. The van der Waals surface area contributed by atoms with Gasteiger partial charge in [0.1, 0.15) is 5.82 Å². The Hall–Kier alpha value is -2.01. The molecule has 1 aromatic heterocycles. The minimum absolute atomic E-state index is 0.113. The summed E-state index contributed by atoms with van der Waals surface area (Å²) in [6.45, 7) is 4.54. The van der Waals surface area contributed by atoms with E-state index in [4.69, 9.17) is 4.74 Å². The van der Waals surface area contributed by atoms with Crippen LogP contribution in [0.3, 0.4) is 0 Å². The van der Waals surface area contributed by atoms with E-state index in [9.17, 15) is 4.39 Å². The van der Waals surface area contributed by atoms with Crippen molar-refractivity contribution in [2.24, 2.45) is 0 Å². The molecule has 0 fully saturated rings. The van der Waals surface area contributed by atoms with Crippen LogP contribution in [0.2, 0.25) is 0 Å². The molecule has 2 aromatic rings. The van der Waals surface area contributed by atoms with Gasteiger partial charge in [0.2, 0.25) is 5.88 Å². The van der Waals surface area contributed by atoms with E-state index in [1.165, 1.54) is 6.07 Å². The van der Waals surface area contributed by atoms with Gasteiger partial charge in [0, 0.05) is 6.07 Å². The quantitative estimate of drug-likeness (QED) is 0.911. The third kappa shape index (κ3) is 3.11. The molecule has 0 saturated heterocycles. The van der Waals surface area contributed by atoms with E-state index in [1.807, 2.05) is 19.1 Å². The molecule has 0 spiro atoms. The molecule has 0 aliphatic carbocycles. The number of hydrogen-bond donors (Lipinski definition) is 1. The van der Waals surface area contributed by atoms with Crippen molar-refractivity contribution < 1.29 is 9.13 Å². The highest BCUT2D eigenvalue weighted by atomic mass is 19.1. The van der Waals surface area contributed by atoms with Crippen molar-refractivity contribution in [1.29, 1.82) is 0 Å². The van der Waals surface area contributed by atoms with Gasteiger partial charge in [-0.3, -0.25) is 0 Å². The summed E-state index contributed by atoms with van der Waals surface area (Å²) in [7, 11) is 1.55. The summed E-state index contributed by atoms with van der Waals surface area (Å²) in [6.07, 6.45) is 0. The molecular weight excluding hydrogens is 257 g/mol. The predicted octanol–water partition coefficient (Wildman–Crippen LogP) is 2.63. The highest BCUT2D eigenvalue weighted by molar-refractivity contribution is 5.32. The van der Waals surface area contributed by atoms with Gasteiger partial charge < -0.3 is 10.1 Å². The molecule has 1 aromatic carbocycles. The topological polar surface area (TPSA) is 47.0 Å². The average molecular weight is 275 g/mol. The number of ether oxygens (including phenoxy) is 1. The Balaban J connectivity index is 2.35. The van der Waals surface area contributed by atoms with Gasteiger partial charge in [-0.1, -0.05) is 19.1 Å². The summed E-state index contributed by atoms with van der Waals surface area (Å²) >= 11 is 0. The average Bonchev–Trinajstić information content (AvgIpc) is 2.48. The molecule has 20 heavy (non-hydrogen) atoms. The molecular formula is C15H18FN3O. The lowest BCUT2D eigenvalue weighted by molar-refractivity contribution is 0.390. The van der Waals surface area contributed by atoms with Gasteiger partial charge in [0.15, 0.2) is 0 Å². The second-order valence-electron chi connectivity index (χ2n) is 4.50. The van der Waals surface area contributed by atoms with Crippen molar-refractivity contribution in [3.63, 3.8) is 0 Å². The van der Waals surface area contributed by atoms with Crippen LogP contribution in [0.25, 0.3) is 0 Å². The minimum atomic E-state index is -0.204. The van der Waals surface area contributed by atoms with Crippen LogP contribution in [-0.4, -0.2) is 23.9 Å². The Morgan fingerprint density at radius 3 is 2.60 bits per heavy atom. The molecule has 2 rings (SSSR count). The molecule has 1 unspecified atom stereocenters. The number of nitrogens with zero attached hydrogens (tertiary/aromatic N) is 2. The van der Waals surface area contributed by atoms with E-state index in [0.29, 0.717) is 11.4 Å². The van der Waals surface area contributed by atoms with Crippen molar-refractivity contribution in [2.75, 3.05) is 13.7 Å². The molecule has 1 heterocycles. The first-order chi connectivity index (χ1) is 9.65. The Morgan fingerprint density at radius 1 is 1.25 bits per heavy atom. The smallest absolute Gasteiger partial charge is 0.233 e. The van der Waals surface area contributed by atoms with E-state index in [0.717, 1.165) is 17.8 Å². The van der Waals surface area contributed by atoms with E-state index in [2.05, 4.69) is 15.5 Å². The lowest BCUT2D eigenvalue weighted by atomic mass is 10.0. The van der Waals surface area contributed by atoms with Crippen LogP contribution in [0.15, 0.2) is 30.3 Å². The molecule has 0 aliphatic heterocycles. The molecule has 1 N–H and O–H groups in total. The Morgan fingerprint density at radius 2 is 2.05 bits per heavy atom. The van der Waals surface area contributed by atoms with Crippen LogP contribution in [0, 0.1) is 12.7 Å². The highest BCUT2D eigenvalue weighted by Crippen LogP contribution is 2.22. The minimum Gasteiger partial charge on any atom is -0.480 e. The standard InChI is InChI=1S/C15H18FN3O/c1-4-17-15(11-5-6-12(16)10(2)9-11)13-7-8-14(20-3)19-18-13/h5-9,15,17H,4H2,1-3H3. The zero-order valence-electron chi connectivity index (χ0n) is 11.9. The number of nitrogens with one attached hydrogen (secondary N) is 1. The number of methoxy groups -OCH3 is 1. The van der Waals surface area contributed by atoms with Crippen LogP contribution in [-0.2, 0) is 0 Å². The normalized spacial score (nSPS) is 12.2. The molecule has 0 saturated carbocycles. The first-order valence-electron chi connectivity index (χ1n) is 6.52. The highest BCUT2D eigenvalue weighted by Gasteiger charge is 2.16. The molecule has 5 heteroatoms. The van der Waals surface area contributed by atoms with Crippen molar-refractivity contribution in [3.8, 4) is 5.88 Å². The van der Waals surface area contributed by atoms with E-state index in [1.54, 1.807) is 26.2 Å². The lowest BCUT2D eigenvalue weighted by Crippen LogP contribution is -2.23. The van der Waals surface area contributed by atoms with Gasteiger partial charge in [-0.05, 0) is 36.7 Å².